The average molecular weight is 233 g/mol. The first kappa shape index (κ1) is 12.6. The third-order valence-corrected chi connectivity index (χ3v) is 3.93. The predicted octanol–water partition coefficient (Wildman–Crippen LogP) is 2.46. The van der Waals surface area contributed by atoms with E-state index in [0.29, 0.717) is 12.5 Å². The van der Waals surface area contributed by atoms with E-state index in [2.05, 4.69) is 37.4 Å². The molecule has 0 aromatic heterocycles. The fourth-order valence-electron chi connectivity index (χ4n) is 2.52. The summed E-state index contributed by atoms with van der Waals surface area (Å²) in [7, 11) is 0. The van der Waals surface area contributed by atoms with Crippen LogP contribution in [0.4, 0.5) is 0 Å². The van der Waals surface area contributed by atoms with Crippen LogP contribution in [0.15, 0.2) is 24.3 Å². The summed E-state index contributed by atoms with van der Waals surface area (Å²) in [5.74, 6) is 0.676. The maximum Gasteiger partial charge on any atom is 0.103 e. The van der Waals surface area contributed by atoms with Gasteiger partial charge in [0.25, 0.3) is 0 Å². The molecule has 0 fully saturated rings. The molecule has 0 amide bonds. The minimum Gasteiger partial charge on any atom is -0.384 e. The topological polar surface area (TPSA) is 32.3 Å². The van der Waals surface area contributed by atoms with E-state index in [9.17, 15) is 5.11 Å². The highest BCUT2D eigenvalue weighted by molar-refractivity contribution is 5.37. The molecule has 0 spiro atoms. The summed E-state index contributed by atoms with van der Waals surface area (Å²) in [5.41, 5.74) is 1.78. The van der Waals surface area contributed by atoms with Crippen molar-refractivity contribution in [2.45, 2.75) is 38.7 Å². The third-order valence-electron chi connectivity index (χ3n) is 3.93. The van der Waals surface area contributed by atoms with Gasteiger partial charge >= 0.3 is 0 Å². The number of rotatable bonds is 5. The molecule has 2 atom stereocenters. The number of fused-ring (bicyclic) bond motifs is 1. The number of nitrogens with one attached hydrogen (secondary N) is 1. The van der Waals surface area contributed by atoms with Crippen molar-refractivity contribution in [2.75, 3.05) is 13.1 Å². The summed E-state index contributed by atoms with van der Waals surface area (Å²) in [6.45, 7) is 6.10. The lowest BCUT2D eigenvalue weighted by molar-refractivity contribution is 0.0380. The smallest absolute Gasteiger partial charge is 0.103 e. The minimum absolute atomic E-state index is 0.649. The molecule has 2 unspecified atom stereocenters. The lowest BCUT2D eigenvalue weighted by atomic mass is 9.95. The van der Waals surface area contributed by atoms with E-state index in [4.69, 9.17) is 0 Å². The first-order valence-corrected chi connectivity index (χ1v) is 6.67. The van der Waals surface area contributed by atoms with E-state index in [1.807, 2.05) is 6.07 Å². The summed E-state index contributed by atoms with van der Waals surface area (Å²) >= 11 is 0. The number of hydrogen-bond acceptors (Lipinski definition) is 2. The number of benzene rings is 1. The van der Waals surface area contributed by atoms with Crippen molar-refractivity contribution in [1.82, 2.24) is 5.32 Å². The van der Waals surface area contributed by atoms with Crippen LogP contribution < -0.4 is 5.32 Å². The van der Waals surface area contributed by atoms with E-state index >= 15 is 0 Å². The van der Waals surface area contributed by atoms with E-state index in [0.717, 1.165) is 24.9 Å². The molecule has 0 bridgehead atoms. The number of hydrogen-bond donors (Lipinski definition) is 2. The molecular weight excluding hydrogens is 210 g/mol. The Balaban J connectivity index is 1.97. The molecule has 2 N–H and O–H groups in total. The second-order valence-corrected chi connectivity index (χ2v) is 5.33. The zero-order chi connectivity index (χ0) is 12.3. The second-order valence-electron chi connectivity index (χ2n) is 5.33. The fraction of sp³-hybridized carbons (Fsp3) is 0.600. The predicted molar refractivity (Wildman–Crippen MR) is 71.0 cm³/mol. The maximum atomic E-state index is 10.7. The molecule has 1 aromatic rings. The monoisotopic (exact) mass is 233 g/mol. The van der Waals surface area contributed by atoms with Crippen LogP contribution in [0.3, 0.4) is 0 Å². The van der Waals surface area contributed by atoms with Gasteiger partial charge in [0, 0.05) is 6.54 Å². The maximum absolute atomic E-state index is 10.7. The molecule has 0 saturated carbocycles. The average Bonchev–Trinajstić information content (AvgIpc) is 2.68. The fourth-order valence-corrected chi connectivity index (χ4v) is 2.52. The second kappa shape index (κ2) is 5.19. The van der Waals surface area contributed by atoms with Crippen LogP contribution in [0.1, 0.15) is 37.8 Å². The van der Waals surface area contributed by atoms with E-state index < -0.39 is 5.60 Å². The third kappa shape index (κ3) is 2.70. The van der Waals surface area contributed by atoms with E-state index in [1.54, 1.807) is 0 Å². The van der Waals surface area contributed by atoms with Gasteiger partial charge < -0.3 is 10.4 Å². The highest BCUT2D eigenvalue weighted by Crippen LogP contribution is 2.36. The SMILES string of the molecule is CCC(C)CNCC1(O)CCc2ccccc21. The summed E-state index contributed by atoms with van der Waals surface area (Å²) in [6.07, 6.45) is 3.03. The standard InChI is InChI=1S/C15H23NO/c1-3-12(2)10-16-11-15(17)9-8-13-6-4-5-7-14(13)15/h4-7,12,16-17H,3,8-11H2,1-2H3. The Morgan fingerprint density at radius 1 is 1.41 bits per heavy atom. The first-order valence-electron chi connectivity index (χ1n) is 6.67. The molecule has 0 radical (unpaired) electrons. The van der Waals surface area contributed by atoms with Crippen LogP contribution in [-0.2, 0) is 12.0 Å². The molecule has 0 saturated heterocycles. The van der Waals surface area contributed by atoms with Crippen molar-refractivity contribution in [3.05, 3.63) is 35.4 Å². The first-order chi connectivity index (χ1) is 8.15. The molecule has 0 heterocycles. The van der Waals surface area contributed by atoms with Crippen LogP contribution in [0.5, 0.6) is 0 Å². The van der Waals surface area contributed by atoms with Crippen molar-refractivity contribution in [1.29, 1.82) is 0 Å². The van der Waals surface area contributed by atoms with Crippen LogP contribution in [0, 0.1) is 5.92 Å². The summed E-state index contributed by atoms with van der Waals surface area (Å²) in [6, 6.07) is 8.26. The molecule has 94 valence electrons. The van der Waals surface area contributed by atoms with Crippen molar-refractivity contribution < 1.29 is 5.11 Å². The largest absolute Gasteiger partial charge is 0.384 e. The van der Waals surface area contributed by atoms with Gasteiger partial charge in [-0.05, 0) is 36.4 Å². The Morgan fingerprint density at radius 2 is 2.18 bits per heavy atom. The van der Waals surface area contributed by atoms with Gasteiger partial charge in [0.2, 0.25) is 0 Å². The highest BCUT2D eigenvalue weighted by Gasteiger charge is 2.35. The van der Waals surface area contributed by atoms with Crippen molar-refractivity contribution in [3.63, 3.8) is 0 Å². The van der Waals surface area contributed by atoms with Gasteiger partial charge in [0.1, 0.15) is 5.60 Å². The molecule has 1 aliphatic carbocycles. The van der Waals surface area contributed by atoms with Gasteiger partial charge in [0.05, 0.1) is 0 Å². The minimum atomic E-state index is -0.649. The van der Waals surface area contributed by atoms with Gasteiger partial charge in [-0.15, -0.1) is 0 Å². The molecule has 1 aliphatic rings. The Morgan fingerprint density at radius 3 is 2.94 bits per heavy atom. The molecular formula is C15H23NO. The van der Waals surface area contributed by atoms with Crippen molar-refractivity contribution in [3.8, 4) is 0 Å². The van der Waals surface area contributed by atoms with E-state index in [-0.39, 0.29) is 0 Å². The molecule has 17 heavy (non-hydrogen) atoms. The van der Waals surface area contributed by atoms with Crippen LogP contribution >= 0.6 is 0 Å². The molecule has 2 heteroatoms. The van der Waals surface area contributed by atoms with Gasteiger partial charge in [-0.25, -0.2) is 0 Å². The van der Waals surface area contributed by atoms with Crippen LogP contribution in [-0.4, -0.2) is 18.2 Å². The number of aryl methyl sites for hydroxylation is 1. The zero-order valence-electron chi connectivity index (χ0n) is 10.9. The Labute approximate surface area is 104 Å². The van der Waals surface area contributed by atoms with Gasteiger partial charge in [0.15, 0.2) is 0 Å². The van der Waals surface area contributed by atoms with Crippen molar-refractivity contribution in [2.24, 2.45) is 5.92 Å². The van der Waals surface area contributed by atoms with Gasteiger partial charge in [-0.2, -0.15) is 0 Å². The lowest BCUT2D eigenvalue weighted by Crippen LogP contribution is -2.37. The van der Waals surface area contributed by atoms with Crippen LogP contribution in [0.2, 0.25) is 0 Å². The highest BCUT2D eigenvalue weighted by atomic mass is 16.3. The summed E-state index contributed by atoms with van der Waals surface area (Å²) in [4.78, 5) is 0. The summed E-state index contributed by atoms with van der Waals surface area (Å²) in [5, 5.41) is 14.1. The lowest BCUT2D eigenvalue weighted by Gasteiger charge is -2.25. The van der Waals surface area contributed by atoms with E-state index in [1.165, 1.54) is 12.0 Å². The molecule has 0 aliphatic heterocycles. The summed E-state index contributed by atoms with van der Waals surface area (Å²) < 4.78 is 0. The number of aliphatic hydroxyl groups is 1. The Hall–Kier alpha value is -0.860. The van der Waals surface area contributed by atoms with Crippen LogP contribution in [0.25, 0.3) is 0 Å². The van der Waals surface area contributed by atoms with Crippen molar-refractivity contribution >= 4 is 0 Å². The zero-order valence-corrected chi connectivity index (χ0v) is 10.9. The Bertz CT molecular complexity index is 377. The van der Waals surface area contributed by atoms with Gasteiger partial charge in [-0.3, -0.25) is 0 Å². The normalized spacial score (nSPS) is 24.6. The molecule has 1 aromatic carbocycles. The molecule has 2 nitrogen and oxygen atoms in total. The van der Waals surface area contributed by atoms with Gasteiger partial charge in [-0.1, -0.05) is 44.5 Å². The Kier molecular flexibility index (Phi) is 3.85. The molecule has 2 rings (SSSR count). The quantitative estimate of drug-likeness (QED) is 0.819.